The van der Waals surface area contributed by atoms with Crippen molar-refractivity contribution in [3.8, 4) is 11.1 Å². The number of fused-ring (bicyclic) bond motifs is 3. The van der Waals surface area contributed by atoms with Gasteiger partial charge in [-0.1, -0.05) is 59.3 Å². The number of aryl methyl sites for hydroxylation is 1. The Morgan fingerprint density at radius 2 is 1.45 bits per heavy atom. The van der Waals surface area contributed by atoms with Crippen molar-refractivity contribution in [2.24, 2.45) is 0 Å². The molecule has 0 N–H and O–H groups in total. The van der Waals surface area contributed by atoms with Gasteiger partial charge in [0.2, 0.25) is 0 Å². The second kappa shape index (κ2) is 5.15. The molecule has 4 rings (SSSR count). The third kappa shape index (κ3) is 2.19. The monoisotopic (exact) mass is 283 g/mol. The summed E-state index contributed by atoms with van der Waals surface area (Å²) >= 11 is 0. The van der Waals surface area contributed by atoms with E-state index in [9.17, 15) is 0 Å². The van der Waals surface area contributed by atoms with E-state index in [1.54, 1.807) is 0 Å². The molecule has 3 aromatic carbocycles. The van der Waals surface area contributed by atoms with Crippen LogP contribution in [0.1, 0.15) is 11.1 Å². The summed E-state index contributed by atoms with van der Waals surface area (Å²) in [6, 6.07) is 24.8. The van der Waals surface area contributed by atoms with Crippen molar-refractivity contribution in [1.82, 2.24) is 0 Å². The average Bonchev–Trinajstić information content (AvgIpc) is 2.57. The van der Waals surface area contributed by atoms with Gasteiger partial charge in [0, 0.05) is 5.56 Å². The summed E-state index contributed by atoms with van der Waals surface area (Å²) in [5.41, 5.74) is 11.4. The fourth-order valence-corrected chi connectivity index (χ4v) is 2.67. The molecular weight excluding hydrogens is 268 g/mol. The molecule has 0 bridgehead atoms. The van der Waals surface area contributed by atoms with Gasteiger partial charge >= 0.3 is 0 Å². The lowest BCUT2D eigenvalue weighted by atomic mass is 10.00. The predicted octanol–water partition coefficient (Wildman–Crippen LogP) is 5.24. The van der Waals surface area contributed by atoms with E-state index in [1.807, 2.05) is 28.9 Å². The normalized spacial score (nSPS) is 14.1. The highest BCUT2D eigenvalue weighted by Crippen LogP contribution is 2.44. The molecule has 2 nitrogen and oxygen atoms in total. The van der Waals surface area contributed by atoms with Crippen molar-refractivity contribution in [1.29, 1.82) is 0 Å². The molecule has 3 aromatic rings. The number of rotatable bonds is 1. The van der Waals surface area contributed by atoms with E-state index in [1.165, 1.54) is 16.7 Å². The molecule has 0 radical (unpaired) electrons. The van der Waals surface area contributed by atoms with Crippen molar-refractivity contribution >= 4 is 17.6 Å². The molecule has 0 fully saturated rings. The Kier molecular flexibility index (Phi) is 3.01. The number of nitrogens with zero attached hydrogens (tertiary/aromatic N) is 2. The second-order valence-corrected chi connectivity index (χ2v) is 5.42. The van der Waals surface area contributed by atoms with Crippen LogP contribution in [0.5, 0.6) is 0 Å². The highest BCUT2D eigenvalue weighted by molar-refractivity contribution is 5.88. The van der Waals surface area contributed by atoms with Crippen LogP contribution in [-0.2, 0) is 0 Å². The van der Waals surface area contributed by atoms with Crippen LogP contribution in [0.4, 0.5) is 11.4 Å². The maximum atomic E-state index is 4.73. The van der Waals surface area contributed by atoms with Crippen LogP contribution in [-0.4, -0.2) is 10.9 Å². The van der Waals surface area contributed by atoms with Crippen LogP contribution in [0.3, 0.4) is 0 Å². The Labute approximate surface area is 130 Å². The highest BCUT2D eigenvalue weighted by Gasteiger charge is 2.14. The van der Waals surface area contributed by atoms with Crippen LogP contribution in [0.25, 0.3) is 16.6 Å². The van der Waals surface area contributed by atoms with Crippen LogP contribution in [0, 0.1) is 6.92 Å². The first-order chi connectivity index (χ1) is 10.8. The third-order valence-electron chi connectivity index (χ3n) is 3.82. The number of benzene rings is 3. The number of hydrogen-bond donors (Lipinski definition) is 0. The first-order valence-electron chi connectivity index (χ1n) is 7.35. The van der Waals surface area contributed by atoms with E-state index < -0.39 is 0 Å². The van der Waals surface area contributed by atoms with Gasteiger partial charge in [-0.05, 0) is 18.6 Å². The molecule has 0 atom stereocenters. The second-order valence-electron chi connectivity index (χ2n) is 5.42. The summed E-state index contributed by atoms with van der Waals surface area (Å²) in [5, 5.41) is 0. The molecule has 106 valence electrons. The minimum Gasteiger partial charge on any atom is -0.422 e. The molecule has 2 heteroatoms. The van der Waals surface area contributed by atoms with Gasteiger partial charge in [-0.15, -0.1) is 24.3 Å². The molecule has 0 spiro atoms. The van der Waals surface area contributed by atoms with Crippen LogP contribution < -0.4 is 0 Å². The molecule has 0 amide bonds. The summed E-state index contributed by atoms with van der Waals surface area (Å²) in [6.07, 6.45) is 3.37. The predicted molar refractivity (Wildman–Crippen MR) is 90.1 cm³/mol. The average molecular weight is 283 g/mol. The Bertz CT molecular complexity index is 861. The summed E-state index contributed by atoms with van der Waals surface area (Å²) < 4.78 is 1.85. The lowest BCUT2D eigenvalue weighted by Gasteiger charge is -2.31. The Balaban J connectivity index is 1.87. The molecule has 22 heavy (non-hydrogen) atoms. The van der Waals surface area contributed by atoms with E-state index in [4.69, 9.17) is 5.43 Å². The fraction of sp³-hybridized carbons (Fsp3) is 0.0500. The Hall–Kier alpha value is -2.87. The first kappa shape index (κ1) is 12.8. The lowest BCUT2D eigenvalue weighted by molar-refractivity contribution is -0.371. The van der Waals surface area contributed by atoms with E-state index in [2.05, 4.69) is 61.7 Å². The molecule has 0 aromatic heterocycles. The molecule has 1 aliphatic rings. The zero-order valence-corrected chi connectivity index (χ0v) is 12.3. The zero-order chi connectivity index (χ0) is 14.9. The largest absolute Gasteiger partial charge is 0.422 e. The lowest BCUT2D eigenvalue weighted by Crippen LogP contribution is -2.07. The molecule has 0 saturated heterocycles. The third-order valence-corrected chi connectivity index (χ3v) is 3.82. The van der Waals surface area contributed by atoms with Gasteiger partial charge in [-0.3, -0.25) is 0 Å². The fourth-order valence-electron chi connectivity index (χ4n) is 2.67. The molecule has 0 unspecified atom stereocenters. The van der Waals surface area contributed by atoms with Gasteiger partial charge in [-0.25, -0.2) is 0 Å². The molecule has 1 aliphatic heterocycles. The molecular formula is C20H15N2-. The van der Waals surface area contributed by atoms with Gasteiger partial charge in [0.15, 0.2) is 0 Å². The SMILES string of the molecule is Cc1ccc([C-]=[N+]2[N-]c3ccccc3-c3ccccc32)cc1. The van der Waals surface area contributed by atoms with Crippen molar-refractivity contribution in [2.75, 3.05) is 0 Å². The first-order valence-corrected chi connectivity index (χ1v) is 7.35. The minimum atomic E-state index is 0.973. The van der Waals surface area contributed by atoms with Gasteiger partial charge in [0.25, 0.3) is 0 Å². The maximum absolute atomic E-state index is 4.73. The summed E-state index contributed by atoms with van der Waals surface area (Å²) in [5.74, 6) is 0. The molecule has 1 heterocycles. The van der Waals surface area contributed by atoms with E-state index in [-0.39, 0.29) is 0 Å². The van der Waals surface area contributed by atoms with Crippen LogP contribution in [0.2, 0.25) is 0 Å². The van der Waals surface area contributed by atoms with Gasteiger partial charge < -0.3 is 10.1 Å². The topological polar surface area (TPSA) is 17.1 Å². The van der Waals surface area contributed by atoms with Crippen molar-refractivity contribution in [2.45, 2.75) is 6.92 Å². The van der Waals surface area contributed by atoms with E-state index in [0.717, 1.165) is 16.9 Å². The standard InChI is InChI=1S/C20H15N2/c1-15-10-12-16(13-11-15)14-22-20-9-5-3-7-18(20)17-6-2-4-8-19(17)21-22/h2-13H,1H3/q-1. The number of para-hydroxylation sites is 1. The van der Waals surface area contributed by atoms with E-state index in [0.29, 0.717) is 0 Å². The van der Waals surface area contributed by atoms with Crippen molar-refractivity contribution < 1.29 is 4.68 Å². The number of hydrogen-bond acceptors (Lipinski definition) is 0. The maximum Gasteiger partial charge on any atom is 0.149 e. The van der Waals surface area contributed by atoms with Gasteiger partial charge in [0.1, 0.15) is 11.9 Å². The summed E-state index contributed by atoms with van der Waals surface area (Å²) in [7, 11) is 0. The van der Waals surface area contributed by atoms with Gasteiger partial charge in [-0.2, -0.15) is 0 Å². The minimum absolute atomic E-state index is 0.973. The quantitative estimate of drug-likeness (QED) is 0.429. The van der Waals surface area contributed by atoms with Crippen LogP contribution in [0.15, 0.2) is 72.8 Å². The van der Waals surface area contributed by atoms with Crippen LogP contribution >= 0.6 is 0 Å². The molecule has 0 aliphatic carbocycles. The molecule has 0 saturated carbocycles. The Morgan fingerprint density at radius 3 is 2.27 bits per heavy atom. The zero-order valence-electron chi connectivity index (χ0n) is 12.3. The summed E-state index contributed by atoms with van der Waals surface area (Å²) in [6.45, 7) is 2.08. The van der Waals surface area contributed by atoms with Gasteiger partial charge in [0.05, 0.1) is 0 Å². The smallest absolute Gasteiger partial charge is 0.149 e. The highest BCUT2D eigenvalue weighted by atomic mass is 15.4. The van der Waals surface area contributed by atoms with Crippen molar-refractivity contribution in [3.05, 3.63) is 89.3 Å². The summed E-state index contributed by atoms with van der Waals surface area (Å²) in [4.78, 5) is 0. The Morgan fingerprint density at radius 1 is 0.773 bits per heavy atom. The van der Waals surface area contributed by atoms with E-state index >= 15 is 0 Å². The van der Waals surface area contributed by atoms with Crippen molar-refractivity contribution in [3.63, 3.8) is 0 Å².